The molecular formula is C16H29NO. The highest BCUT2D eigenvalue weighted by molar-refractivity contribution is 5.87. The molecule has 104 valence electrons. The molecule has 1 aliphatic carbocycles. The molecule has 0 aromatic heterocycles. The van der Waals surface area contributed by atoms with E-state index in [0.29, 0.717) is 11.7 Å². The molecule has 0 radical (unpaired) electrons. The molecule has 0 bridgehead atoms. The third-order valence-corrected chi connectivity index (χ3v) is 5.07. The number of piperidine rings is 1. The maximum atomic E-state index is 12.5. The summed E-state index contributed by atoms with van der Waals surface area (Å²) >= 11 is 0. The molecule has 1 aliphatic heterocycles. The van der Waals surface area contributed by atoms with Crippen LogP contribution in [-0.2, 0) is 4.79 Å². The van der Waals surface area contributed by atoms with Crippen LogP contribution in [0, 0.1) is 11.3 Å². The highest BCUT2D eigenvalue weighted by Crippen LogP contribution is 2.36. The van der Waals surface area contributed by atoms with Gasteiger partial charge in [0.05, 0.1) is 0 Å². The Hall–Kier alpha value is -0.370. The van der Waals surface area contributed by atoms with Crippen molar-refractivity contribution in [2.45, 2.75) is 71.8 Å². The number of hydrogen-bond acceptors (Lipinski definition) is 2. The van der Waals surface area contributed by atoms with E-state index in [2.05, 4.69) is 25.7 Å². The minimum Gasteiger partial charge on any atom is -0.300 e. The van der Waals surface area contributed by atoms with E-state index in [9.17, 15) is 4.79 Å². The summed E-state index contributed by atoms with van der Waals surface area (Å²) in [5.74, 6) is 0.829. The van der Waals surface area contributed by atoms with E-state index in [1.807, 2.05) is 0 Å². The lowest BCUT2D eigenvalue weighted by molar-refractivity contribution is -0.135. The van der Waals surface area contributed by atoms with E-state index in [1.165, 1.54) is 38.6 Å². The smallest absolute Gasteiger partial charge is 0.142 e. The fourth-order valence-corrected chi connectivity index (χ4v) is 3.82. The Morgan fingerprint density at radius 1 is 1.22 bits per heavy atom. The first-order valence-electron chi connectivity index (χ1n) is 7.83. The van der Waals surface area contributed by atoms with Crippen LogP contribution in [0.5, 0.6) is 0 Å². The fourth-order valence-electron chi connectivity index (χ4n) is 3.82. The predicted molar refractivity (Wildman–Crippen MR) is 75.6 cm³/mol. The Labute approximate surface area is 112 Å². The average Bonchev–Trinajstić information content (AvgIpc) is 2.35. The second-order valence-electron chi connectivity index (χ2n) is 6.89. The summed E-state index contributed by atoms with van der Waals surface area (Å²) in [6.07, 6.45) is 8.70. The molecule has 18 heavy (non-hydrogen) atoms. The molecule has 2 rings (SSSR count). The normalized spacial score (nSPS) is 33.6. The number of ketones is 1. The number of nitrogens with zero attached hydrogens (tertiary/aromatic N) is 1. The monoisotopic (exact) mass is 251 g/mol. The number of carbonyl (C=O) groups is 1. The van der Waals surface area contributed by atoms with Crippen LogP contribution in [0.1, 0.15) is 65.7 Å². The van der Waals surface area contributed by atoms with Gasteiger partial charge >= 0.3 is 0 Å². The van der Waals surface area contributed by atoms with Crippen molar-refractivity contribution in [1.29, 1.82) is 0 Å². The van der Waals surface area contributed by atoms with Gasteiger partial charge in [-0.05, 0) is 38.6 Å². The zero-order valence-electron chi connectivity index (χ0n) is 12.4. The molecule has 1 saturated carbocycles. The number of likely N-dealkylation sites (tertiary alicyclic amines) is 1. The van der Waals surface area contributed by atoms with Crippen LogP contribution in [0.4, 0.5) is 0 Å². The van der Waals surface area contributed by atoms with Gasteiger partial charge in [0.1, 0.15) is 5.78 Å². The molecule has 2 fully saturated rings. The van der Waals surface area contributed by atoms with Crippen molar-refractivity contribution in [3.05, 3.63) is 0 Å². The van der Waals surface area contributed by atoms with Crippen molar-refractivity contribution in [1.82, 2.24) is 4.90 Å². The fraction of sp³-hybridized carbons (Fsp3) is 0.938. The third-order valence-electron chi connectivity index (χ3n) is 5.07. The van der Waals surface area contributed by atoms with Crippen LogP contribution in [0.2, 0.25) is 0 Å². The van der Waals surface area contributed by atoms with Gasteiger partial charge in [-0.25, -0.2) is 0 Å². The molecule has 0 N–H and O–H groups in total. The van der Waals surface area contributed by atoms with Crippen molar-refractivity contribution in [3.63, 3.8) is 0 Å². The van der Waals surface area contributed by atoms with Crippen LogP contribution in [0.15, 0.2) is 0 Å². The van der Waals surface area contributed by atoms with Crippen LogP contribution >= 0.6 is 0 Å². The van der Waals surface area contributed by atoms with Gasteiger partial charge in [-0.15, -0.1) is 0 Å². The Morgan fingerprint density at radius 3 is 2.72 bits per heavy atom. The van der Waals surface area contributed by atoms with Crippen LogP contribution in [0.25, 0.3) is 0 Å². The summed E-state index contributed by atoms with van der Waals surface area (Å²) in [5.41, 5.74) is -0.0690. The van der Waals surface area contributed by atoms with Gasteiger partial charge in [0.25, 0.3) is 0 Å². The van der Waals surface area contributed by atoms with Gasteiger partial charge in [-0.3, -0.25) is 9.69 Å². The lowest BCUT2D eigenvalue weighted by atomic mass is 9.70. The molecule has 1 saturated heterocycles. The van der Waals surface area contributed by atoms with Crippen molar-refractivity contribution in [2.75, 3.05) is 13.1 Å². The maximum absolute atomic E-state index is 12.5. The van der Waals surface area contributed by atoms with Gasteiger partial charge < -0.3 is 0 Å². The van der Waals surface area contributed by atoms with Gasteiger partial charge in [-0.2, -0.15) is 0 Å². The predicted octanol–water partition coefficient (Wildman–Crippen LogP) is 3.65. The second-order valence-corrected chi connectivity index (χ2v) is 6.89. The van der Waals surface area contributed by atoms with Gasteiger partial charge in [0, 0.05) is 23.9 Å². The summed E-state index contributed by atoms with van der Waals surface area (Å²) in [5, 5.41) is 0. The highest BCUT2D eigenvalue weighted by Gasteiger charge is 2.38. The maximum Gasteiger partial charge on any atom is 0.142 e. The van der Waals surface area contributed by atoms with E-state index in [1.54, 1.807) is 0 Å². The number of rotatable bonds is 3. The number of carbonyl (C=O) groups excluding carboxylic acids is 1. The first-order valence-corrected chi connectivity index (χ1v) is 7.83. The molecule has 2 atom stereocenters. The molecule has 2 aliphatic rings. The van der Waals surface area contributed by atoms with Gasteiger partial charge in [-0.1, -0.05) is 33.6 Å². The van der Waals surface area contributed by atoms with Crippen LogP contribution in [-0.4, -0.2) is 29.8 Å². The minimum absolute atomic E-state index is 0.0690. The standard InChI is InChI=1S/C16H29NO/c1-4-14-9-5-6-11-17(14)12-13-8-7-10-16(2,3)15(13)18/h13-14H,4-12H2,1-3H3. The molecule has 0 aromatic carbocycles. The molecular weight excluding hydrogens is 222 g/mol. The molecule has 1 heterocycles. The highest BCUT2D eigenvalue weighted by atomic mass is 16.1. The summed E-state index contributed by atoms with van der Waals surface area (Å²) in [4.78, 5) is 15.1. The molecule has 2 heteroatoms. The van der Waals surface area contributed by atoms with Gasteiger partial charge in [0.15, 0.2) is 0 Å². The Bertz CT molecular complexity index is 297. The summed E-state index contributed by atoms with van der Waals surface area (Å²) in [7, 11) is 0. The van der Waals surface area contributed by atoms with E-state index >= 15 is 0 Å². The van der Waals surface area contributed by atoms with E-state index in [0.717, 1.165) is 25.4 Å². The zero-order valence-corrected chi connectivity index (χ0v) is 12.4. The van der Waals surface area contributed by atoms with Crippen molar-refractivity contribution in [2.24, 2.45) is 11.3 Å². The average molecular weight is 251 g/mol. The van der Waals surface area contributed by atoms with Gasteiger partial charge in [0.2, 0.25) is 0 Å². The topological polar surface area (TPSA) is 20.3 Å². The first-order chi connectivity index (χ1) is 8.54. The Kier molecular flexibility index (Phi) is 4.47. The third kappa shape index (κ3) is 2.96. The number of hydrogen-bond donors (Lipinski definition) is 0. The lowest BCUT2D eigenvalue weighted by Crippen LogP contribution is -2.46. The number of Topliss-reactive ketones (excluding diaryl/α,β-unsaturated/α-hetero) is 1. The molecule has 0 aromatic rings. The van der Waals surface area contributed by atoms with Crippen LogP contribution < -0.4 is 0 Å². The van der Waals surface area contributed by atoms with E-state index in [4.69, 9.17) is 0 Å². The first kappa shape index (κ1) is 14.0. The Balaban J connectivity index is 1.97. The molecule has 0 amide bonds. The second kappa shape index (κ2) is 5.73. The zero-order chi connectivity index (χ0) is 13.2. The van der Waals surface area contributed by atoms with Crippen molar-refractivity contribution < 1.29 is 4.79 Å². The van der Waals surface area contributed by atoms with Crippen LogP contribution in [0.3, 0.4) is 0 Å². The molecule has 2 unspecified atom stereocenters. The Morgan fingerprint density at radius 2 is 2.00 bits per heavy atom. The van der Waals surface area contributed by atoms with E-state index < -0.39 is 0 Å². The van der Waals surface area contributed by atoms with Crippen molar-refractivity contribution >= 4 is 5.78 Å². The minimum atomic E-state index is -0.0690. The summed E-state index contributed by atoms with van der Waals surface area (Å²) in [6, 6.07) is 0.733. The molecule has 0 spiro atoms. The summed E-state index contributed by atoms with van der Waals surface area (Å²) in [6.45, 7) is 8.79. The summed E-state index contributed by atoms with van der Waals surface area (Å²) < 4.78 is 0. The lowest BCUT2D eigenvalue weighted by Gasteiger charge is -2.40. The quantitative estimate of drug-likeness (QED) is 0.763. The SMILES string of the molecule is CCC1CCCCN1CC1CCCC(C)(C)C1=O. The largest absolute Gasteiger partial charge is 0.300 e. The van der Waals surface area contributed by atoms with E-state index in [-0.39, 0.29) is 5.41 Å². The van der Waals surface area contributed by atoms with Crippen molar-refractivity contribution in [3.8, 4) is 0 Å². The molecule has 2 nitrogen and oxygen atoms in total.